The van der Waals surface area contributed by atoms with Crippen molar-refractivity contribution < 1.29 is 27.9 Å². The highest BCUT2D eigenvalue weighted by atomic mass is 32.2. The van der Waals surface area contributed by atoms with Crippen LogP contribution in [0.25, 0.3) is 0 Å². The minimum absolute atomic E-state index is 0.0960. The van der Waals surface area contributed by atoms with Crippen LogP contribution < -0.4 is 14.8 Å². The molecule has 1 aliphatic heterocycles. The van der Waals surface area contributed by atoms with E-state index in [9.17, 15) is 23.1 Å². The average molecular weight is 581 g/mol. The minimum atomic E-state index is -3.90. The number of nitrogens with zero attached hydrogens (tertiary/aromatic N) is 2. The summed E-state index contributed by atoms with van der Waals surface area (Å²) in [6.45, 7) is 5.76. The van der Waals surface area contributed by atoms with Crippen LogP contribution in [-0.2, 0) is 10.0 Å². The summed E-state index contributed by atoms with van der Waals surface area (Å²) in [4.78, 5) is 29.7. The molecule has 4 rings (SSSR count). The van der Waals surface area contributed by atoms with Gasteiger partial charge in [0.1, 0.15) is 11.9 Å². The number of aryl methyl sites for hydroxylation is 1. The standard InChI is InChI=1S/C30H36N4O6S/c1-20-10-13-25(14-11-20)41(38,39)32-24-12-15-27-26(16-24)29(36)34(22(3)19-35)17-21(2)28(40-27)18-33(4)30(37)31-23-8-6-5-7-9-23/h5-16,21-22,28,32,35H,17-19H2,1-4H3,(H,31,37)/t21-,22+,28+/m1/s1. The first-order valence-electron chi connectivity index (χ1n) is 13.4. The van der Waals surface area contributed by atoms with Gasteiger partial charge in [0, 0.05) is 30.9 Å². The Morgan fingerprint density at radius 2 is 1.78 bits per heavy atom. The number of sulfonamides is 1. The van der Waals surface area contributed by atoms with Gasteiger partial charge in [0.15, 0.2) is 0 Å². The van der Waals surface area contributed by atoms with E-state index in [1.807, 2.05) is 32.0 Å². The average Bonchev–Trinajstić information content (AvgIpc) is 2.95. The number of aliphatic hydroxyl groups excluding tert-OH is 1. The molecule has 3 N–H and O–H groups in total. The molecule has 0 saturated carbocycles. The highest BCUT2D eigenvalue weighted by Gasteiger charge is 2.34. The Bertz CT molecular complexity index is 1480. The second kappa shape index (κ2) is 12.6. The molecule has 0 saturated heterocycles. The van der Waals surface area contributed by atoms with Gasteiger partial charge >= 0.3 is 6.03 Å². The number of carbonyl (C=O) groups excluding carboxylic acids is 2. The van der Waals surface area contributed by atoms with E-state index in [0.717, 1.165) is 5.56 Å². The van der Waals surface area contributed by atoms with Crippen LogP contribution in [0.3, 0.4) is 0 Å². The molecule has 0 unspecified atom stereocenters. The van der Waals surface area contributed by atoms with Crippen molar-refractivity contribution in [3.05, 3.63) is 83.9 Å². The van der Waals surface area contributed by atoms with Crippen LogP contribution in [0.5, 0.6) is 5.75 Å². The molecule has 3 amide bonds. The summed E-state index contributed by atoms with van der Waals surface area (Å²) >= 11 is 0. The molecule has 3 aromatic carbocycles. The van der Waals surface area contributed by atoms with E-state index >= 15 is 0 Å². The fraction of sp³-hybridized carbons (Fsp3) is 0.333. The van der Waals surface area contributed by atoms with Crippen molar-refractivity contribution in [2.45, 2.75) is 37.8 Å². The fourth-order valence-corrected chi connectivity index (χ4v) is 5.58. The Morgan fingerprint density at radius 1 is 1.10 bits per heavy atom. The maximum absolute atomic E-state index is 13.7. The Balaban J connectivity index is 1.62. The highest BCUT2D eigenvalue weighted by molar-refractivity contribution is 7.92. The molecule has 0 radical (unpaired) electrons. The summed E-state index contributed by atoms with van der Waals surface area (Å²) in [5, 5.41) is 12.8. The molecule has 218 valence electrons. The third-order valence-electron chi connectivity index (χ3n) is 7.07. The molecule has 1 aliphatic rings. The first-order chi connectivity index (χ1) is 19.5. The molecule has 1 heterocycles. The highest BCUT2D eigenvalue weighted by Crippen LogP contribution is 2.31. The molecule has 0 bridgehead atoms. The zero-order valence-electron chi connectivity index (χ0n) is 23.6. The number of carbonyl (C=O) groups is 2. The third kappa shape index (κ3) is 7.17. The Hall–Kier alpha value is -4.09. The van der Waals surface area contributed by atoms with Gasteiger partial charge in [0.25, 0.3) is 15.9 Å². The van der Waals surface area contributed by atoms with Crippen LogP contribution in [0.15, 0.2) is 77.7 Å². The van der Waals surface area contributed by atoms with E-state index in [0.29, 0.717) is 5.69 Å². The fourth-order valence-electron chi connectivity index (χ4n) is 4.53. The lowest BCUT2D eigenvalue weighted by molar-refractivity contribution is 0.0371. The number of aliphatic hydroxyl groups is 1. The molecular formula is C30H36N4O6S. The number of anilines is 2. The number of fused-ring (bicyclic) bond motifs is 1. The van der Waals surface area contributed by atoms with Gasteiger partial charge in [-0.3, -0.25) is 9.52 Å². The van der Waals surface area contributed by atoms with Crippen molar-refractivity contribution in [3.8, 4) is 5.75 Å². The predicted molar refractivity (Wildman–Crippen MR) is 158 cm³/mol. The van der Waals surface area contributed by atoms with Crippen LogP contribution in [0.2, 0.25) is 0 Å². The van der Waals surface area contributed by atoms with Crippen LogP contribution in [-0.4, -0.2) is 74.2 Å². The second-order valence-corrected chi connectivity index (χ2v) is 12.1. The monoisotopic (exact) mass is 580 g/mol. The quantitative estimate of drug-likeness (QED) is 0.367. The normalized spacial score (nSPS) is 17.9. The Kier molecular flexibility index (Phi) is 9.19. The topological polar surface area (TPSA) is 128 Å². The number of benzene rings is 3. The number of hydrogen-bond donors (Lipinski definition) is 3. The summed E-state index contributed by atoms with van der Waals surface area (Å²) in [6.07, 6.45) is -0.503. The van der Waals surface area contributed by atoms with Crippen LogP contribution in [0.1, 0.15) is 29.8 Å². The van der Waals surface area contributed by atoms with E-state index in [1.54, 1.807) is 49.2 Å². The maximum atomic E-state index is 13.7. The molecule has 0 fully saturated rings. The zero-order chi connectivity index (χ0) is 29.7. The zero-order valence-corrected chi connectivity index (χ0v) is 24.4. The second-order valence-electron chi connectivity index (χ2n) is 10.4. The van der Waals surface area contributed by atoms with Gasteiger partial charge in [0.2, 0.25) is 0 Å². The summed E-state index contributed by atoms with van der Waals surface area (Å²) in [5.41, 5.74) is 1.94. The number of amides is 3. The third-order valence-corrected chi connectivity index (χ3v) is 8.47. The molecule has 3 atom stereocenters. The van der Waals surface area contributed by atoms with Crippen molar-refractivity contribution in [1.29, 1.82) is 0 Å². The first-order valence-corrected chi connectivity index (χ1v) is 14.9. The van der Waals surface area contributed by atoms with Gasteiger partial charge in [-0.15, -0.1) is 0 Å². The number of ether oxygens (including phenoxy) is 1. The summed E-state index contributed by atoms with van der Waals surface area (Å²) in [7, 11) is -2.24. The van der Waals surface area contributed by atoms with Crippen molar-refractivity contribution >= 4 is 33.3 Å². The van der Waals surface area contributed by atoms with Gasteiger partial charge < -0.3 is 25.0 Å². The number of nitrogens with one attached hydrogen (secondary N) is 2. The SMILES string of the molecule is Cc1ccc(S(=O)(=O)Nc2ccc3c(c2)C(=O)N([C@@H](C)CO)C[C@@H](C)[C@H](CN(C)C(=O)Nc2ccccc2)O3)cc1. The number of hydrogen-bond acceptors (Lipinski definition) is 6. The number of likely N-dealkylation sites (N-methyl/N-ethyl adjacent to an activating group) is 1. The van der Waals surface area contributed by atoms with Gasteiger partial charge in [0.05, 0.1) is 29.7 Å². The summed E-state index contributed by atoms with van der Waals surface area (Å²) in [5.74, 6) is -0.331. The van der Waals surface area contributed by atoms with Gasteiger partial charge in [-0.05, 0) is 56.3 Å². The smallest absolute Gasteiger partial charge is 0.321 e. The minimum Gasteiger partial charge on any atom is -0.487 e. The number of para-hydroxylation sites is 1. The summed E-state index contributed by atoms with van der Waals surface area (Å²) < 4.78 is 34.9. The van der Waals surface area contributed by atoms with E-state index in [2.05, 4.69) is 10.0 Å². The molecule has 0 aliphatic carbocycles. The van der Waals surface area contributed by atoms with E-state index in [4.69, 9.17) is 4.74 Å². The molecule has 3 aromatic rings. The van der Waals surface area contributed by atoms with E-state index < -0.39 is 28.1 Å². The van der Waals surface area contributed by atoms with Crippen molar-refractivity contribution in [3.63, 3.8) is 0 Å². The lowest BCUT2D eigenvalue weighted by atomic mass is 9.99. The number of urea groups is 1. The maximum Gasteiger partial charge on any atom is 0.321 e. The number of rotatable bonds is 8. The van der Waals surface area contributed by atoms with Crippen LogP contribution in [0, 0.1) is 12.8 Å². The van der Waals surface area contributed by atoms with Crippen molar-refractivity contribution in [2.75, 3.05) is 36.8 Å². The largest absolute Gasteiger partial charge is 0.487 e. The molecule has 0 spiro atoms. The Labute approximate surface area is 241 Å². The van der Waals surface area contributed by atoms with E-state index in [1.165, 1.54) is 29.2 Å². The first kappa shape index (κ1) is 29.9. The van der Waals surface area contributed by atoms with Gasteiger partial charge in [-0.25, -0.2) is 13.2 Å². The van der Waals surface area contributed by atoms with Crippen LogP contribution >= 0.6 is 0 Å². The van der Waals surface area contributed by atoms with Gasteiger partial charge in [-0.2, -0.15) is 0 Å². The lowest BCUT2D eigenvalue weighted by Gasteiger charge is -2.38. The van der Waals surface area contributed by atoms with Crippen molar-refractivity contribution in [1.82, 2.24) is 9.80 Å². The molecule has 11 heteroatoms. The predicted octanol–water partition coefficient (Wildman–Crippen LogP) is 4.18. The molecule has 0 aromatic heterocycles. The molecular weight excluding hydrogens is 544 g/mol. The lowest BCUT2D eigenvalue weighted by Crippen LogP contribution is -2.50. The molecule has 10 nitrogen and oxygen atoms in total. The van der Waals surface area contributed by atoms with Crippen LogP contribution in [0.4, 0.5) is 16.2 Å². The van der Waals surface area contributed by atoms with Crippen molar-refractivity contribution in [2.24, 2.45) is 5.92 Å². The summed E-state index contributed by atoms with van der Waals surface area (Å²) in [6, 6.07) is 19.3. The Morgan fingerprint density at radius 3 is 2.44 bits per heavy atom. The molecule has 41 heavy (non-hydrogen) atoms. The van der Waals surface area contributed by atoms with Gasteiger partial charge in [-0.1, -0.05) is 42.8 Å². The van der Waals surface area contributed by atoms with E-state index in [-0.39, 0.29) is 53.5 Å².